The van der Waals surface area contributed by atoms with Crippen molar-refractivity contribution in [1.82, 2.24) is 0 Å². The van der Waals surface area contributed by atoms with E-state index in [2.05, 4.69) is 0 Å². The van der Waals surface area contributed by atoms with Crippen LogP contribution in [0, 0.1) is 5.82 Å². The molecule has 3 nitrogen and oxygen atoms in total. The molecule has 108 valence electrons. The summed E-state index contributed by atoms with van der Waals surface area (Å²) in [4.78, 5) is 0. The van der Waals surface area contributed by atoms with Crippen molar-refractivity contribution in [3.63, 3.8) is 0 Å². The molecular formula is C15H24FNO2. The van der Waals surface area contributed by atoms with Crippen molar-refractivity contribution in [1.29, 1.82) is 0 Å². The molecular weight excluding hydrogens is 245 g/mol. The highest BCUT2D eigenvalue weighted by atomic mass is 19.1. The maximum Gasteiger partial charge on any atom is 0.165 e. The first-order chi connectivity index (χ1) is 8.84. The molecule has 0 radical (unpaired) electrons. The second kappa shape index (κ2) is 6.87. The van der Waals surface area contributed by atoms with Gasteiger partial charge in [0.25, 0.3) is 0 Å². The van der Waals surface area contributed by atoms with Crippen LogP contribution < -0.4 is 10.5 Å². The minimum absolute atomic E-state index is 0.0219. The van der Waals surface area contributed by atoms with Crippen molar-refractivity contribution in [3.8, 4) is 5.75 Å². The predicted molar refractivity (Wildman–Crippen MR) is 75.0 cm³/mol. The molecule has 1 unspecified atom stereocenters. The van der Waals surface area contributed by atoms with E-state index in [1.165, 1.54) is 6.07 Å². The monoisotopic (exact) mass is 269 g/mol. The Morgan fingerprint density at radius 2 is 2.05 bits per heavy atom. The van der Waals surface area contributed by atoms with E-state index < -0.39 is 0 Å². The van der Waals surface area contributed by atoms with Gasteiger partial charge in [0.2, 0.25) is 0 Å². The van der Waals surface area contributed by atoms with Crippen LogP contribution in [0.1, 0.15) is 32.8 Å². The van der Waals surface area contributed by atoms with E-state index in [0.29, 0.717) is 19.4 Å². The fourth-order valence-corrected chi connectivity index (χ4v) is 1.67. The molecule has 1 aromatic carbocycles. The van der Waals surface area contributed by atoms with Gasteiger partial charge in [0.15, 0.2) is 11.6 Å². The summed E-state index contributed by atoms with van der Waals surface area (Å²) in [7, 11) is 1.66. The molecule has 0 fully saturated rings. The van der Waals surface area contributed by atoms with Crippen LogP contribution in [-0.2, 0) is 11.2 Å². The van der Waals surface area contributed by atoms with Gasteiger partial charge < -0.3 is 15.2 Å². The van der Waals surface area contributed by atoms with E-state index in [1.54, 1.807) is 13.2 Å². The lowest BCUT2D eigenvalue weighted by Gasteiger charge is -2.22. The number of rotatable bonds is 7. The van der Waals surface area contributed by atoms with Gasteiger partial charge in [0, 0.05) is 19.6 Å². The summed E-state index contributed by atoms with van der Waals surface area (Å²) < 4.78 is 24.5. The minimum Gasteiger partial charge on any atom is -0.490 e. The zero-order chi connectivity index (χ0) is 14.5. The van der Waals surface area contributed by atoms with Crippen LogP contribution in [-0.4, -0.2) is 25.4 Å². The van der Waals surface area contributed by atoms with Gasteiger partial charge in [-0.25, -0.2) is 4.39 Å². The minimum atomic E-state index is -0.339. The summed E-state index contributed by atoms with van der Waals surface area (Å²) in [6.45, 7) is 6.26. The molecule has 0 aromatic heterocycles. The lowest BCUT2D eigenvalue weighted by atomic mass is 10.1. The van der Waals surface area contributed by atoms with E-state index in [9.17, 15) is 4.39 Å². The number of ether oxygens (including phenoxy) is 2. The molecule has 0 aliphatic heterocycles. The standard InChI is InChI=1S/C15H24FNO2/c1-11(17)9-12-5-6-14(13(16)10-12)19-8-7-15(2,3)18-4/h5-6,10-11H,7-9,17H2,1-4H3. The van der Waals surface area contributed by atoms with Crippen molar-refractivity contribution in [3.05, 3.63) is 29.6 Å². The highest BCUT2D eigenvalue weighted by molar-refractivity contribution is 5.29. The Hall–Kier alpha value is -1.13. The fraction of sp³-hybridized carbons (Fsp3) is 0.600. The van der Waals surface area contributed by atoms with Crippen molar-refractivity contribution < 1.29 is 13.9 Å². The van der Waals surface area contributed by atoms with Crippen molar-refractivity contribution in [2.45, 2.75) is 45.3 Å². The summed E-state index contributed by atoms with van der Waals surface area (Å²) in [5.41, 5.74) is 6.32. The zero-order valence-electron chi connectivity index (χ0n) is 12.2. The quantitative estimate of drug-likeness (QED) is 0.827. The Bertz CT molecular complexity index is 405. The fourth-order valence-electron chi connectivity index (χ4n) is 1.67. The van der Waals surface area contributed by atoms with Crippen molar-refractivity contribution in [2.24, 2.45) is 5.73 Å². The van der Waals surface area contributed by atoms with E-state index in [0.717, 1.165) is 5.56 Å². The smallest absolute Gasteiger partial charge is 0.165 e. The van der Waals surface area contributed by atoms with Gasteiger partial charge in [-0.15, -0.1) is 0 Å². The molecule has 1 atom stereocenters. The Morgan fingerprint density at radius 3 is 2.58 bits per heavy atom. The maximum absolute atomic E-state index is 13.8. The number of methoxy groups -OCH3 is 1. The van der Waals surface area contributed by atoms with Crippen LogP contribution in [0.3, 0.4) is 0 Å². The molecule has 0 spiro atoms. The summed E-state index contributed by atoms with van der Waals surface area (Å²) >= 11 is 0. The normalized spacial score (nSPS) is 13.4. The number of hydrogen-bond donors (Lipinski definition) is 1. The topological polar surface area (TPSA) is 44.5 Å². The number of nitrogens with two attached hydrogens (primary N) is 1. The molecule has 0 saturated heterocycles. The Labute approximate surface area is 114 Å². The average Bonchev–Trinajstić information content (AvgIpc) is 2.31. The summed E-state index contributed by atoms with van der Waals surface area (Å²) in [6.07, 6.45) is 1.36. The Kier molecular flexibility index (Phi) is 5.76. The first-order valence-electron chi connectivity index (χ1n) is 6.56. The third kappa shape index (κ3) is 5.57. The highest BCUT2D eigenvalue weighted by Gasteiger charge is 2.16. The lowest BCUT2D eigenvalue weighted by Crippen LogP contribution is -2.25. The van der Waals surface area contributed by atoms with Gasteiger partial charge in [-0.3, -0.25) is 0 Å². The largest absolute Gasteiger partial charge is 0.490 e. The lowest BCUT2D eigenvalue weighted by molar-refractivity contribution is 0.00513. The van der Waals surface area contributed by atoms with Crippen LogP contribution in [0.4, 0.5) is 4.39 Å². The summed E-state index contributed by atoms with van der Waals surface area (Å²) in [5.74, 6) is -0.0614. The van der Waals surface area contributed by atoms with Crippen LogP contribution >= 0.6 is 0 Å². The molecule has 1 aromatic rings. The Balaban J connectivity index is 2.55. The summed E-state index contributed by atoms with van der Waals surface area (Å²) in [6, 6.07) is 5.02. The predicted octanol–water partition coefficient (Wildman–Crippen LogP) is 2.91. The van der Waals surface area contributed by atoms with Crippen molar-refractivity contribution >= 4 is 0 Å². The molecule has 0 heterocycles. The van der Waals surface area contributed by atoms with E-state index in [-0.39, 0.29) is 23.2 Å². The molecule has 0 amide bonds. The first-order valence-corrected chi connectivity index (χ1v) is 6.56. The molecule has 0 bridgehead atoms. The molecule has 0 aliphatic carbocycles. The van der Waals surface area contributed by atoms with Gasteiger partial charge in [-0.1, -0.05) is 6.07 Å². The van der Waals surface area contributed by atoms with Gasteiger partial charge in [-0.05, 0) is 44.9 Å². The third-order valence-corrected chi connectivity index (χ3v) is 3.07. The average molecular weight is 269 g/mol. The first kappa shape index (κ1) is 15.9. The number of benzene rings is 1. The Morgan fingerprint density at radius 1 is 1.37 bits per heavy atom. The van der Waals surface area contributed by atoms with Crippen LogP contribution in [0.5, 0.6) is 5.75 Å². The second-order valence-corrected chi connectivity index (χ2v) is 5.51. The van der Waals surface area contributed by atoms with Gasteiger partial charge >= 0.3 is 0 Å². The summed E-state index contributed by atoms with van der Waals surface area (Å²) in [5, 5.41) is 0. The maximum atomic E-state index is 13.8. The SMILES string of the molecule is COC(C)(C)CCOc1ccc(CC(C)N)cc1F. The van der Waals surface area contributed by atoms with Crippen LogP contribution in [0.25, 0.3) is 0 Å². The molecule has 1 rings (SSSR count). The van der Waals surface area contributed by atoms with E-state index in [1.807, 2.05) is 26.8 Å². The van der Waals surface area contributed by atoms with Crippen LogP contribution in [0.2, 0.25) is 0 Å². The molecule has 19 heavy (non-hydrogen) atoms. The van der Waals surface area contributed by atoms with E-state index >= 15 is 0 Å². The van der Waals surface area contributed by atoms with Gasteiger partial charge in [0.05, 0.1) is 12.2 Å². The van der Waals surface area contributed by atoms with Gasteiger partial charge in [-0.2, -0.15) is 0 Å². The number of hydrogen-bond acceptors (Lipinski definition) is 3. The number of halogens is 1. The third-order valence-electron chi connectivity index (χ3n) is 3.07. The zero-order valence-corrected chi connectivity index (χ0v) is 12.2. The van der Waals surface area contributed by atoms with Crippen molar-refractivity contribution in [2.75, 3.05) is 13.7 Å². The molecule has 4 heteroatoms. The molecule has 2 N–H and O–H groups in total. The van der Waals surface area contributed by atoms with Gasteiger partial charge in [0.1, 0.15) is 0 Å². The highest BCUT2D eigenvalue weighted by Crippen LogP contribution is 2.20. The van der Waals surface area contributed by atoms with E-state index in [4.69, 9.17) is 15.2 Å². The molecule has 0 saturated carbocycles. The van der Waals surface area contributed by atoms with Crippen LogP contribution in [0.15, 0.2) is 18.2 Å². The molecule has 0 aliphatic rings. The second-order valence-electron chi connectivity index (χ2n) is 5.51.